The zero-order valence-electron chi connectivity index (χ0n) is 18.9. The maximum atomic E-state index is 13.1. The Morgan fingerprint density at radius 1 is 1.06 bits per heavy atom. The number of nitrogens with one attached hydrogen (secondary N) is 1. The number of rotatable bonds is 6. The van der Waals surface area contributed by atoms with Crippen LogP contribution in [0.15, 0.2) is 54.0 Å². The Balaban J connectivity index is 1.78. The van der Waals surface area contributed by atoms with Gasteiger partial charge in [-0.05, 0) is 56.9 Å². The van der Waals surface area contributed by atoms with Gasteiger partial charge in [0, 0.05) is 6.54 Å². The Kier molecular flexibility index (Phi) is 7.19. The standard InChI is InChI=1S/C23H26BF3N2O4/c1-21(2)22(3,4)33-24(32-21)17(13-18-11-8-12-19(29-18)23(25,26)27)14-28-20(30)31-15-16-9-6-5-7-10-16/h5-13H,14-15H2,1-4H3,(H,28,30). The summed E-state index contributed by atoms with van der Waals surface area (Å²) in [5.41, 5.74) is -1.08. The number of alkyl halides is 3. The highest BCUT2D eigenvalue weighted by Gasteiger charge is 2.52. The zero-order chi connectivity index (χ0) is 24.3. The molecule has 1 aliphatic heterocycles. The summed E-state index contributed by atoms with van der Waals surface area (Å²) in [6, 6.07) is 12.8. The molecular formula is C23H26BF3N2O4. The van der Waals surface area contributed by atoms with Crippen molar-refractivity contribution in [2.24, 2.45) is 0 Å². The van der Waals surface area contributed by atoms with Crippen molar-refractivity contribution in [3.05, 3.63) is 71.0 Å². The molecule has 10 heteroatoms. The van der Waals surface area contributed by atoms with Crippen LogP contribution in [0.1, 0.15) is 44.6 Å². The minimum absolute atomic E-state index is 0.0639. The van der Waals surface area contributed by atoms with Gasteiger partial charge in [-0.1, -0.05) is 36.4 Å². The lowest BCUT2D eigenvalue weighted by molar-refractivity contribution is -0.141. The van der Waals surface area contributed by atoms with E-state index in [0.717, 1.165) is 11.6 Å². The van der Waals surface area contributed by atoms with Crippen LogP contribution < -0.4 is 5.32 Å². The summed E-state index contributed by atoms with van der Waals surface area (Å²) in [5, 5.41) is 2.61. The molecule has 0 spiro atoms. The number of hydrogen-bond donors (Lipinski definition) is 1. The molecule has 0 unspecified atom stereocenters. The molecule has 0 aliphatic carbocycles. The molecule has 6 nitrogen and oxygen atoms in total. The molecule has 0 radical (unpaired) electrons. The predicted molar refractivity (Wildman–Crippen MR) is 118 cm³/mol. The van der Waals surface area contributed by atoms with Gasteiger partial charge in [-0.3, -0.25) is 0 Å². The predicted octanol–water partition coefficient (Wildman–Crippen LogP) is 5.04. The number of benzene rings is 1. The molecule has 1 aromatic heterocycles. The van der Waals surface area contributed by atoms with Crippen molar-refractivity contribution in [3.8, 4) is 0 Å². The second kappa shape index (κ2) is 9.57. The summed E-state index contributed by atoms with van der Waals surface area (Å²) in [6.45, 7) is 7.44. The maximum absolute atomic E-state index is 13.1. The molecule has 33 heavy (non-hydrogen) atoms. The second-order valence-corrected chi connectivity index (χ2v) is 8.67. The zero-order valence-corrected chi connectivity index (χ0v) is 18.9. The van der Waals surface area contributed by atoms with Gasteiger partial charge in [-0.2, -0.15) is 13.2 Å². The number of pyridine rings is 1. The molecule has 1 aliphatic rings. The number of ether oxygens (including phenoxy) is 1. The van der Waals surface area contributed by atoms with Crippen LogP contribution in [0.25, 0.3) is 6.08 Å². The minimum atomic E-state index is -4.58. The Morgan fingerprint density at radius 2 is 1.70 bits per heavy atom. The fourth-order valence-corrected chi connectivity index (χ4v) is 3.02. The summed E-state index contributed by atoms with van der Waals surface area (Å²) in [5.74, 6) is 0. The van der Waals surface area contributed by atoms with E-state index >= 15 is 0 Å². The van der Waals surface area contributed by atoms with Crippen molar-refractivity contribution in [1.82, 2.24) is 10.3 Å². The van der Waals surface area contributed by atoms with Crippen LogP contribution in [-0.2, 0) is 26.8 Å². The SMILES string of the molecule is CC1(C)OB(C(=Cc2cccc(C(F)(F)F)n2)CNC(=O)OCc2ccccc2)OC1(C)C. The summed E-state index contributed by atoms with van der Waals surface area (Å²) in [6.07, 6.45) is -3.83. The number of amides is 1. The second-order valence-electron chi connectivity index (χ2n) is 8.67. The van der Waals surface area contributed by atoms with Crippen molar-refractivity contribution >= 4 is 19.3 Å². The first-order valence-electron chi connectivity index (χ1n) is 10.4. The molecule has 176 valence electrons. The van der Waals surface area contributed by atoms with Crippen molar-refractivity contribution in [1.29, 1.82) is 0 Å². The molecule has 2 heterocycles. The van der Waals surface area contributed by atoms with E-state index in [1.54, 1.807) is 0 Å². The first kappa shape index (κ1) is 24.8. The number of carbonyl (C=O) groups is 1. The van der Waals surface area contributed by atoms with Crippen LogP contribution in [0.3, 0.4) is 0 Å². The van der Waals surface area contributed by atoms with Crippen LogP contribution >= 0.6 is 0 Å². The fourth-order valence-electron chi connectivity index (χ4n) is 3.02. The molecule has 1 saturated heterocycles. The average molecular weight is 462 g/mol. The molecule has 1 fully saturated rings. The van der Waals surface area contributed by atoms with Gasteiger partial charge in [0.2, 0.25) is 0 Å². The summed E-state index contributed by atoms with van der Waals surface area (Å²) in [4.78, 5) is 15.9. The van der Waals surface area contributed by atoms with E-state index in [1.807, 2.05) is 58.0 Å². The van der Waals surface area contributed by atoms with E-state index in [4.69, 9.17) is 14.0 Å². The lowest BCUT2D eigenvalue weighted by Crippen LogP contribution is -2.41. The van der Waals surface area contributed by atoms with E-state index in [-0.39, 0.29) is 18.8 Å². The molecule has 3 rings (SSSR count). The van der Waals surface area contributed by atoms with Gasteiger partial charge < -0.3 is 19.4 Å². The summed E-state index contributed by atoms with van der Waals surface area (Å²) >= 11 is 0. The number of hydrogen-bond acceptors (Lipinski definition) is 5. The Hall–Kier alpha value is -2.85. The third-order valence-electron chi connectivity index (χ3n) is 5.60. The van der Waals surface area contributed by atoms with Crippen LogP contribution in [0.5, 0.6) is 0 Å². The van der Waals surface area contributed by atoms with Crippen molar-refractivity contribution < 1.29 is 32.0 Å². The highest BCUT2D eigenvalue weighted by molar-refractivity contribution is 6.56. The van der Waals surface area contributed by atoms with Crippen molar-refractivity contribution in [3.63, 3.8) is 0 Å². The van der Waals surface area contributed by atoms with Crippen LogP contribution in [0, 0.1) is 0 Å². The van der Waals surface area contributed by atoms with Gasteiger partial charge in [0.15, 0.2) is 0 Å². The minimum Gasteiger partial charge on any atom is -0.445 e. The number of aromatic nitrogens is 1. The van der Waals surface area contributed by atoms with Gasteiger partial charge in [0.1, 0.15) is 12.3 Å². The smallest absolute Gasteiger partial charge is 0.445 e. The number of halogens is 3. The quantitative estimate of drug-likeness (QED) is 0.610. The maximum Gasteiger partial charge on any atom is 0.492 e. The van der Waals surface area contributed by atoms with Crippen molar-refractivity contribution in [2.75, 3.05) is 6.54 Å². The Labute approximate surface area is 191 Å². The van der Waals surface area contributed by atoms with Gasteiger partial charge in [0.25, 0.3) is 0 Å². The highest BCUT2D eigenvalue weighted by atomic mass is 19.4. The lowest BCUT2D eigenvalue weighted by Gasteiger charge is -2.32. The van der Waals surface area contributed by atoms with E-state index < -0.39 is 36.3 Å². The first-order chi connectivity index (χ1) is 15.4. The van der Waals surface area contributed by atoms with Crippen LogP contribution in [0.4, 0.5) is 18.0 Å². The van der Waals surface area contributed by atoms with Gasteiger partial charge in [0.05, 0.1) is 16.9 Å². The lowest BCUT2D eigenvalue weighted by atomic mass is 9.77. The first-order valence-corrected chi connectivity index (χ1v) is 10.4. The van der Waals surface area contributed by atoms with Crippen LogP contribution in [0.2, 0.25) is 0 Å². The molecular weight excluding hydrogens is 436 g/mol. The fraction of sp³-hybridized carbons (Fsp3) is 0.391. The Morgan fingerprint density at radius 3 is 2.30 bits per heavy atom. The summed E-state index contributed by atoms with van der Waals surface area (Å²) in [7, 11) is -0.888. The number of nitrogens with zero attached hydrogens (tertiary/aromatic N) is 1. The van der Waals surface area contributed by atoms with Gasteiger partial charge >= 0.3 is 19.4 Å². The number of alkyl carbamates (subject to hydrolysis) is 1. The highest BCUT2D eigenvalue weighted by Crippen LogP contribution is 2.38. The largest absolute Gasteiger partial charge is 0.492 e. The molecule has 0 bridgehead atoms. The third kappa shape index (κ3) is 6.36. The molecule has 0 saturated carbocycles. The molecule has 1 aromatic carbocycles. The summed E-state index contributed by atoms with van der Waals surface area (Å²) < 4.78 is 56.5. The van der Waals surface area contributed by atoms with Crippen LogP contribution in [-0.4, -0.2) is 35.9 Å². The third-order valence-corrected chi connectivity index (χ3v) is 5.60. The molecule has 1 amide bonds. The monoisotopic (exact) mass is 462 g/mol. The van der Waals surface area contributed by atoms with E-state index in [0.29, 0.717) is 5.47 Å². The number of carbonyl (C=O) groups excluding carboxylic acids is 1. The molecule has 0 atom stereocenters. The van der Waals surface area contributed by atoms with Gasteiger partial charge in [-0.25, -0.2) is 9.78 Å². The Bertz CT molecular complexity index is 994. The van der Waals surface area contributed by atoms with E-state index in [1.165, 1.54) is 18.2 Å². The van der Waals surface area contributed by atoms with Crippen molar-refractivity contribution in [2.45, 2.75) is 51.7 Å². The van der Waals surface area contributed by atoms with E-state index in [2.05, 4.69) is 10.3 Å². The topological polar surface area (TPSA) is 69.7 Å². The van der Waals surface area contributed by atoms with E-state index in [9.17, 15) is 18.0 Å². The normalized spacial score (nSPS) is 17.7. The average Bonchev–Trinajstić information content (AvgIpc) is 2.96. The van der Waals surface area contributed by atoms with Gasteiger partial charge in [-0.15, -0.1) is 0 Å². The molecule has 2 aromatic rings. The molecule has 1 N–H and O–H groups in total.